The molecule has 1 unspecified atom stereocenters. The van der Waals surface area contributed by atoms with E-state index in [1.807, 2.05) is 20.8 Å². The van der Waals surface area contributed by atoms with Crippen molar-refractivity contribution < 1.29 is 14.4 Å². The maximum absolute atomic E-state index is 12.5. The van der Waals surface area contributed by atoms with Gasteiger partial charge in [0.25, 0.3) is 0 Å². The largest absolute Gasteiger partial charge is 0.308 e. The zero-order valence-corrected chi connectivity index (χ0v) is 13.5. The van der Waals surface area contributed by atoms with E-state index in [-0.39, 0.29) is 23.3 Å². The Labute approximate surface area is 120 Å². The maximum atomic E-state index is 12.5. The molecule has 0 heterocycles. The lowest BCUT2D eigenvalue weighted by Gasteiger charge is -2.41. The summed E-state index contributed by atoms with van der Waals surface area (Å²) in [5.41, 5.74) is -2.26. The van der Waals surface area contributed by atoms with Gasteiger partial charge in [-0.1, -0.05) is 20.8 Å². The van der Waals surface area contributed by atoms with E-state index in [0.29, 0.717) is 0 Å². The minimum atomic E-state index is -1.20. The number of nitrogens with one attached hydrogen (secondary N) is 1. The van der Waals surface area contributed by atoms with Crippen LogP contribution in [0.3, 0.4) is 0 Å². The van der Waals surface area contributed by atoms with Crippen LogP contribution in [-0.2, 0) is 14.4 Å². The molecule has 20 heavy (non-hydrogen) atoms. The smallest absolute Gasteiger partial charge is 0.161 e. The van der Waals surface area contributed by atoms with E-state index in [4.69, 9.17) is 5.41 Å². The van der Waals surface area contributed by atoms with Gasteiger partial charge in [0.1, 0.15) is 5.92 Å². The van der Waals surface area contributed by atoms with Gasteiger partial charge in [-0.3, -0.25) is 14.4 Å². The molecule has 1 aliphatic carbocycles. The quantitative estimate of drug-likeness (QED) is 0.637. The third kappa shape index (κ3) is 2.25. The minimum Gasteiger partial charge on any atom is -0.308 e. The maximum Gasteiger partial charge on any atom is 0.161 e. The second kappa shape index (κ2) is 4.90. The van der Waals surface area contributed by atoms with Gasteiger partial charge in [0.2, 0.25) is 0 Å². The highest BCUT2D eigenvalue weighted by Gasteiger charge is 2.59. The highest BCUT2D eigenvalue weighted by Crippen LogP contribution is 2.42. The Balaban J connectivity index is 3.33. The first-order valence-corrected chi connectivity index (χ1v) is 7.08. The van der Waals surface area contributed by atoms with Crippen molar-refractivity contribution in [2.45, 2.75) is 48.5 Å². The van der Waals surface area contributed by atoms with Crippen LogP contribution >= 0.6 is 0 Å². The fourth-order valence-electron chi connectivity index (χ4n) is 2.75. The van der Waals surface area contributed by atoms with Crippen LogP contribution in [0.2, 0.25) is 0 Å². The normalized spacial score (nSPS) is 24.1. The van der Waals surface area contributed by atoms with Crippen LogP contribution in [0.5, 0.6) is 0 Å². The molecule has 1 atom stereocenters. The van der Waals surface area contributed by atoms with Crippen LogP contribution < -0.4 is 0 Å². The van der Waals surface area contributed by atoms with Crippen molar-refractivity contribution in [1.29, 1.82) is 5.41 Å². The van der Waals surface area contributed by atoms with E-state index >= 15 is 0 Å². The molecular formula is C16H25NO3. The molecule has 1 saturated carbocycles. The molecule has 4 heteroatoms. The molecule has 1 fully saturated rings. The molecular weight excluding hydrogens is 254 g/mol. The third-order valence-electron chi connectivity index (χ3n) is 4.69. The number of rotatable bonds is 3. The standard InChI is InChI=1S/C16H25NO3/c1-8(2)9(3)11(17)10-12(18)15(4,5)14(20)16(6,7)13(10)19/h8-10,17H,1-7H3. The van der Waals surface area contributed by atoms with E-state index < -0.39 is 28.3 Å². The van der Waals surface area contributed by atoms with Gasteiger partial charge in [-0.05, 0) is 39.5 Å². The van der Waals surface area contributed by atoms with Gasteiger partial charge in [-0.25, -0.2) is 0 Å². The minimum absolute atomic E-state index is 0.142. The van der Waals surface area contributed by atoms with Gasteiger partial charge < -0.3 is 5.41 Å². The predicted octanol–water partition coefficient (Wildman–Crippen LogP) is 2.69. The summed E-state index contributed by atoms with van der Waals surface area (Å²) in [6, 6.07) is 0. The number of hydrogen-bond donors (Lipinski definition) is 1. The first-order chi connectivity index (χ1) is 8.86. The SMILES string of the molecule is CC(C)C(C)C(=N)C1C(=O)C(C)(C)C(=O)C(C)(C)C1=O. The topological polar surface area (TPSA) is 75.1 Å². The Morgan fingerprint density at radius 3 is 1.60 bits per heavy atom. The van der Waals surface area contributed by atoms with Crippen molar-refractivity contribution in [3.05, 3.63) is 0 Å². The van der Waals surface area contributed by atoms with Crippen molar-refractivity contribution in [3.8, 4) is 0 Å². The van der Waals surface area contributed by atoms with E-state index in [0.717, 1.165) is 0 Å². The first kappa shape index (κ1) is 16.7. The number of ketones is 3. The Kier molecular flexibility index (Phi) is 4.10. The second-order valence-corrected chi connectivity index (χ2v) is 7.23. The average Bonchev–Trinajstić information content (AvgIpc) is 2.34. The lowest BCUT2D eigenvalue weighted by Crippen LogP contribution is -2.59. The number of carbonyl (C=O) groups excluding carboxylic acids is 3. The lowest BCUT2D eigenvalue weighted by molar-refractivity contribution is -0.157. The van der Waals surface area contributed by atoms with Crippen LogP contribution in [-0.4, -0.2) is 23.1 Å². The van der Waals surface area contributed by atoms with Crippen molar-refractivity contribution in [3.63, 3.8) is 0 Å². The summed E-state index contributed by atoms with van der Waals surface area (Å²) in [5, 5.41) is 8.25. The summed E-state index contributed by atoms with van der Waals surface area (Å²) < 4.78 is 0. The number of hydrogen-bond acceptors (Lipinski definition) is 4. The van der Waals surface area contributed by atoms with E-state index in [9.17, 15) is 14.4 Å². The van der Waals surface area contributed by atoms with Crippen LogP contribution in [0.15, 0.2) is 0 Å². The van der Waals surface area contributed by atoms with Crippen molar-refractivity contribution in [2.75, 3.05) is 0 Å². The van der Waals surface area contributed by atoms with E-state index in [1.165, 1.54) is 0 Å². The van der Waals surface area contributed by atoms with Crippen molar-refractivity contribution in [1.82, 2.24) is 0 Å². The van der Waals surface area contributed by atoms with Crippen molar-refractivity contribution in [2.24, 2.45) is 28.6 Å². The second-order valence-electron chi connectivity index (χ2n) is 7.23. The van der Waals surface area contributed by atoms with Gasteiger partial charge in [-0.15, -0.1) is 0 Å². The molecule has 4 nitrogen and oxygen atoms in total. The summed E-state index contributed by atoms with van der Waals surface area (Å²) in [7, 11) is 0. The molecule has 112 valence electrons. The van der Waals surface area contributed by atoms with Gasteiger partial charge in [0.05, 0.1) is 10.8 Å². The molecule has 0 spiro atoms. The summed E-state index contributed by atoms with van der Waals surface area (Å²) in [5.74, 6) is -2.26. The monoisotopic (exact) mass is 279 g/mol. The van der Waals surface area contributed by atoms with Crippen LogP contribution in [0.4, 0.5) is 0 Å². The Morgan fingerprint density at radius 1 is 0.950 bits per heavy atom. The highest BCUT2D eigenvalue weighted by atomic mass is 16.2. The zero-order valence-electron chi connectivity index (χ0n) is 13.5. The van der Waals surface area contributed by atoms with Crippen LogP contribution in [0.1, 0.15) is 48.5 Å². The predicted molar refractivity (Wildman–Crippen MR) is 77.8 cm³/mol. The average molecular weight is 279 g/mol. The Bertz CT molecular complexity index is 456. The molecule has 0 aromatic heterocycles. The van der Waals surface area contributed by atoms with Gasteiger partial charge in [-0.2, -0.15) is 0 Å². The van der Waals surface area contributed by atoms with E-state index in [2.05, 4.69) is 0 Å². The fourth-order valence-corrected chi connectivity index (χ4v) is 2.75. The molecule has 1 rings (SSSR count). The summed E-state index contributed by atoms with van der Waals surface area (Å²) in [4.78, 5) is 37.4. The molecule has 0 radical (unpaired) electrons. The molecule has 0 amide bonds. The summed E-state index contributed by atoms with van der Waals surface area (Å²) in [6.45, 7) is 12.0. The fraction of sp³-hybridized carbons (Fsp3) is 0.750. The Morgan fingerprint density at radius 2 is 1.30 bits per heavy atom. The highest BCUT2D eigenvalue weighted by molar-refractivity contribution is 6.35. The molecule has 0 saturated heterocycles. The van der Waals surface area contributed by atoms with Gasteiger partial charge >= 0.3 is 0 Å². The third-order valence-corrected chi connectivity index (χ3v) is 4.69. The molecule has 0 aromatic rings. The Hall–Kier alpha value is -1.32. The molecule has 1 N–H and O–H groups in total. The lowest BCUT2D eigenvalue weighted by atomic mass is 9.57. The molecule has 0 bridgehead atoms. The summed E-state index contributed by atoms with van der Waals surface area (Å²) in [6.07, 6.45) is 0. The van der Waals surface area contributed by atoms with Gasteiger partial charge in [0, 0.05) is 5.71 Å². The zero-order chi connectivity index (χ0) is 16.0. The molecule has 1 aliphatic rings. The van der Waals surface area contributed by atoms with Crippen LogP contribution in [0.25, 0.3) is 0 Å². The first-order valence-electron chi connectivity index (χ1n) is 7.08. The van der Waals surface area contributed by atoms with Gasteiger partial charge in [0.15, 0.2) is 17.3 Å². The molecule has 0 aliphatic heterocycles. The van der Waals surface area contributed by atoms with E-state index in [1.54, 1.807) is 27.7 Å². The molecule has 0 aromatic carbocycles. The van der Waals surface area contributed by atoms with Crippen molar-refractivity contribution >= 4 is 23.1 Å². The van der Waals surface area contributed by atoms with Crippen LogP contribution in [0, 0.1) is 34.0 Å². The number of Topliss-reactive ketones (excluding diaryl/α,β-unsaturated/α-hetero) is 3. The summed E-state index contributed by atoms with van der Waals surface area (Å²) >= 11 is 0. The number of carbonyl (C=O) groups is 3.